The van der Waals surface area contributed by atoms with Crippen molar-refractivity contribution in [2.45, 2.75) is 0 Å². The molecule has 2 amide bonds. The molecule has 1 fully saturated rings. The number of carbonyl (C=O) groups is 2. The van der Waals surface area contributed by atoms with E-state index in [1.54, 1.807) is 54.8 Å². The van der Waals surface area contributed by atoms with Crippen LogP contribution in [0.25, 0.3) is 6.08 Å². The summed E-state index contributed by atoms with van der Waals surface area (Å²) in [4.78, 5) is 24.2. The molecule has 0 saturated carbocycles. The van der Waals surface area contributed by atoms with Gasteiger partial charge in [-0.3, -0.25) is 15.0 Å². The number of furan rings is 1. The Morgan fingerprint density at radius 1 is 1.14 bits per heavy atom. The van der Waals surface area contributed by atoms with Gasteiger partial charge in [0, 0.05) is 4.47 Å². The second-order valence-corrected chi connectivity index (χ2v) is 5.43. The summed E-state index contributed by atoms with van der Waals surface area (Å²) in [5, 5.41) is 1.22. The van der Waals surface area contributed by atoms with Crippen molar-refractivity contribution in [1.29, 1.82) is 0 Å². The maximum atomic E-state index is 12.3. The molecular formula is C16H11BrN2O3. The number of hydrogen-bond acceptors (Lipinski definition) is 3. The van der Waals surface area contributed by atoms with Crippen molar-refractivity contribution < 1.29 is 14.0 Å². The van der Waals surface area contributed by atoms with E-state index in [2.05, 4.69) is 21.4 Å². The smallest absolute Gasteiger partial charge is 0.282 e. The lowest BCUT2D eigenvalue weighted by Gasteiger charge is -2.14. The topological polar surface area (TPSA) is 62.6 Å². The summed E-state index contributed by atoms with van der Waals surface area (Å²) in [7, 11) is 0. The Kier molecular flexibility index (Phi) is 3.93. The molecule has 0 radical (unpaired) electrons. The predicted molar refractivity (Wildman–Crippen MR) is 85.6 cm³/mol. The first-order valence-corrected chi connectivity index (χ1v) is 7.27. The predicted octanol–water partition coefficient (Wildman–Crippen LogP) is 3.06. The van der Waals surface area contributed by atoms with Gasteiger partial charge >= 0.3 is 0 Å². The third-order valence-corrected chi connectivity index (χ3v) is 3.57. The summed E-state index contributed by atoms with van der Waals surface area (Å²) in [6.45, 7) is 0. The molecule has 0 atom stereocenters. The molecule has 1 aliphatic rings. The first-order valence-electron chi connectivity index (χ1n) is 6.48. The van der Waals surface area contributed by atoms with Crippen LogP contribution in [0.4, 0.5) is 5.69 Å². The summed E-state index contributed by atoms with van der Waals surface area (Å²) >= 11 is 3.33. The van der Waals surface area contributed by atoms with Crippen LogP contribution in [0.15, 0.2) is 69.3 Å². The van der Waals surface area contributed by atoms with Gasteiger partial charge in [0.25, 0.3) is 11.8 Å². The van der Waals surface area contributed by atoms with Crippen LogP contribution in [0.3, 0.4) is 0 Å². The molecule has 5 nitrogen and oxygen atoms in total. The third kappa shape index (κ3) is 2.87. The molecule has 6 heteroatoms. The molecule has 0 unspecified atom stereocenters. The van der Waals surface area contributed by atoms with Crippen LogP contribution >= 0.6 is 15.9 Å². The first kappa shape index (κ1) is 14.3. The van der Waals surface area contributed by atoms with Gasteiger partial charge in [-0.25, -0.2) is 5.01 Å². The molecule has 2 heterocycles. The van der Waals surface area contributed by atoms with Crippen LogP contribution < -0.4 is 10.4 Å². The molecule has 0 aliphatic carbocycles. The monoisotopic (exact) mass is 358 g/mol. The van der Waals surface area contributed by atoms with Gasteiger partial charge in [0.05, 0.1) is 12.0 Å². The van der Waals surface area contributed by atoms with Crippen LogP contribution in [0, 0.1) is 0 Å². The molecule has 1 saturated heterocycles. The van der Waals surface area contributed by atoms with Crippen LogP contribution in [0.2, 0.25) is 0 Å². The van der Waals surface area contributed by atoms with Gasteiger partial charge in [-0.15, -0.1) is 0 Å². The number of hydrogen-bond donors (Lipinski definition) is 1. The maximum absolute atomic E-state index is 12.3. The van der Waals surface area contributed by atoms with Gasteiger partial charge < -0.3 is 4.42 Å². The maximum Gasteiger partial charge on any atom is 0.282 e. The van der Waals surface area contributed by atoms with Gasteiger partial charge in [0.1, 0.15) is 11.3 Å². The van der Waals surface area contributed by atoms with Crippen LogP contribution in [-0.4, -0.2) is 11.8 Å². The van der Waals surface area contributed by atoms with E-state index in [-0.39, 0.29) is 5.57 Å². The summed E-state index contributed by atoms with van der Waals surface area (Å²) in [5.74, 6) is -0.180. The molecule has 110 valence electrons. The number of halogens is 1. The van der Waals surface area contributed by atoms with Crippen molar-refractivity contribution in [3.8, 4) is 0 Å². The van der Waals surface area contributed by atoms with E-state index in [1.165, 1.54) is 11.1 Å². The molecular weight excluding hydrogens is 348 g/mol. The Hall–Kier alpha value is -2.60. The van der Waals surface area contributed by atoms with Gasteiger partial charge in [-0.1, -0.05) is 22.0 Å². The lowest BCUT2D eigenvalue weighted by Crippen LogP contribution is -2.35. The second-order valence-electron chi connectivity index (χ2n) is 4.51. The van der Waals surface area contributed by atoms with Gasteiger partial charge in [0.15, 0.2) is 0 Å². The SMILES string of the molecule is O=C1NN(c2ccc(Br)cc2)C(=O)/C1=C/C=C/c1ccco1. The molecule has 22 heavy (non-hydrogen) atoms. The Morgan fingerprint density at radius 2 is 1.91 bits per heavy atom. The lowest BCUT2D eigenvalue weighted by atomic mass is 10.2. The Balaban J connectivity index is 1.80. The number of nitrogens with zero attached hydrogens (tertiary/aromatic N) is 1. The summed E-state index contributed by atoms with van der Waals surface area (Å²) in [6, 6.07) is 10.6. The number of anilines is 1. The zero-order valence-electron chi connectivity index (χ0n) is 11.3. The number of rotatable bonds is 3. The molecule has 2 aromatic rings. The van der Waals surface area contributed by atoms with Crippen LogP contribution in [0.1, 0.15) is 5.76 Å². The number of carbonyl (C=O) groups excluding carboxylic acids is 2. The van der Waals surface area contributed by atoms with Crippen LogP contribution in [-0.2, 0) is 9.59 Å². The average molecular weight is 359 g/mol. The highest BCUT2D eigenvalue weighted by Gasteiger charge is 2.33. The minimum Gasteiger partial charge on any atom is -0.465 e. The first-order chi connectivity index (χ1) is 10.6. The van der Waals surface area contributed by atoms with Crippen LogP contribution in [0.5, 0.6) is 0 Å². The number of nitrogens with one attached hydrogen (secondary N) is 1. The fourth-order valence-electron chi connectivity index (χ4n) is 1.97. The minimum absolute atomic E-state index is 0.0747. The number of hydrazine groups is 1. The fraction of sp³-hybridized carbons (Fsp3) is 0. The van der Waals surface area contributed by atoms with E-state index in [0.29, 0.717) is 11.4 Å². The fourth-order valence-corrected chi connectivity index (χ4v) is 2.24. The number of allylic oxidation sites excluding steroid dienone is 2. The molecule has 1 aromatic heterocycles. The quantitative estimate of drug-likeness (QED) is 0.677. The van der Waals surface area contributed by atoms with E-state index in [4.69, 9.17) is 4.42 Å². The Labute approximate surface area is 135 Å². The Bertz CT molecular complexity index is 761. The molecule has 0 spiro atoms. The van der Waals surface area contributed by atoms with Crippen molar-refractivity contribution in [1.82, 2.24) is 5.43 Å². The molecule has 1 aromatic carbocycles. The van der Waals surface area contributed by atoms with Gasteiger partial charge in [-0.2, -0.15) is 0 Å². The molecule has 1 aliphatic heterocycles. The standard InChI is InChI=1S/C16H11BrN2O3/c17-11-6-8-12(9-7-11)19-16(21)14(15(20)18-19)5-1-3-13-4-2-10-22-13/h1-10H,(H,18,20)/b3-1+,14-5+. The highest BCUT2D eigenvalue weighted by atomic mass is 79.9. The highest BCUT2D eigenvalue weighted by molar-refractivity contribution is 9.10. The summed E-state index contributed by atoms with van der Waals surface area (Å²) in [5.41, 5.74) is 3.21. The third-order valence-electron chi connectivity index (χ3n) is 3.04. The van der Waals surface area contributed by atoms with Gasteiger partial charge in [0.2, 0.25) is 0 Å². The number of amides is 2. The second kappa shape index (κ2) is 6.03. The van der Waals surface area contributed by atoms with Gasteiger partial charge in [-0.05, 0) is 48.6 Å². The van der Waals surface area contributed by atoms with Crippen molar-refractivity contribution in [2.75, 3.05) is 5.01 Å². The van der Waals surface area contributed by atoms with Crippen molar-refractivity contribution in [3.63, 3.8) is 0 Å². The molecule has 3 rings (SSSR count). The van der Waals surface area contributed by atoms with E-state index in [0.717, 1.165) is 4.47 Å². The highest BCUT2D eigenvalue weighted by Crippen LogP contribution is 2.22. The van der Waals surface area contributed by atoms with E-state index < -0.39 is 11.8 Å². The van der Waals surface area contributed by atoms with Crippen molar-refractivity contribution >= 4 is 39.5 Å². The minimum atomic E-state index is -0.433. The molecule has 0 bridgehead atoms. The molecule has 1 N–H and O–H groups in total. The normalized spacial score (nSPS) is 16.8. The summed E-state index contributed by atoms with van der Waals surface area (Å²) < 4.78 is 6.03. The van der Waals surface area contributed by atoms with E-state index >= 15 is 0 Å². The van der Waals surface area contributed by atoms with Crippen molar-refractivity contribution in [3.05, 3.63) is 70.6 Å². The van der Waals surface area contributed by atoms with E-state index in [1.807, 2.05) is 0 Å². The van der Waals surface area contributed by atoms with E-state index in [9.17, 15) is 9.59 Å². The average Bonchev–Trinajstić information content (AvgIpc) is 3.11. The zero-order valence-corrected chi connectivity index (χ0v) is 12.9. The number of benzene rings is 1. The zero-order chi connectivity index (χ0) is 15.5. The largest absolute Gasteiger partial charge is 0.465 e. The van der Waals surface area contributed by atoms with Crippen molar-refractivity contribution in [2.24, 2.45) is 0 Å². The lowest BCUT2D eigenvalue weighted by molar-refractivity contribution is -0.117. The summed E-state index contributed by atoms with van der Waals surface area (Å²) in [6.07, 6.45) is 6.31. The Morgan fingerprint density at radius 3 is 2.59 bits per heavy atom.